The molecule has 20 heavy (non-hydrogen) atoms. The highest BCUT2D eigenvalue weighted by Crippen LogP contribution is 2.30. The molecular weight excluding hydrogens is 273 g/mol. The van der Waals surface area contributed by atoms with Gasteiger partial charge < -0.3 is 15.4 Å². The summed E-state index contributed by atoms with van der Waals surface area (Å²) in [5, 5.41) is 5.48. The first-order valence-electron chi connectivity index (χ1n) is 6.42. The molecule has 0 aromatic carbocycles. The summed E-state index contributed by atoms with van der Waals surface area (Å²) in [6.45, 7) is 2.56. The van der Waals surface area contributed by atoms with Crippen LogP contribution in [0, 0.1) is 0 Å². The van der Waals surface area contributed by atoms with E-state index in [0.29, 0.717) is 6.61 Å². The number of halogens is 3. The topological polar surface area (TPSA) is 59.1 Å². The third-order valence-electron chi connectivity index (χ3n) is 3.14. The van der Waals surface area contributed by atoms with Gasteiger partial charge in [-0.25, -0.2) is 4.98 Å². The van der Waals surface area contributed by atoms with Crippen LogP contribution in [0.5, 0.6) is 0 Å². The minimum Gasteiger partial charge on any atom is -0.376 e. The highest BCUT2D eigenvalue weighted by molar-refractivity contribution is 5.43. The van der Waals surface area contributed by atoms with Crippen LogP contribution in [0.4, 0.5) is 24.9 Å². The van der Waals surface area contributed by atoms with Gasteiger partial charge in [-0.15, -0.1) is 0 Å². The summed E-state index contributed by atoms with van der Waals surface area (Å²) < 4.78 is 43.8. The molecule has 2 atom stereocenters. The molecule has 112 valence electrons. The Morgan fingerprint density at radius 2 is 2.15 bits per heavy atom. The first-order chi connectivity index (χ1) is 9.40. The molecule has 0 saturated carbocycles. The first-order valence-corrected chi connectivity index (χ1v) is 6.42. The minimum absolute atomic E-state index is 0.00247. The van der Waals surface area contributed by atoms with Crippen LogP contribution in [-0.2, 0) is 10.9 Å². The molecule has 1 aliphatic heterocycles. The molecule has 2 unspecified atom stereocenters. The van der Waals surface area contributed by atoms with Gasteiger partial charge in [0.2, 0.25) is 5.95 Å². The Kier molecular flexibility index (Phi) is 4.32. The van der Waals surface area contributed by atoms with Gasteiger partial charge in [0.05, 0.1) is 12.1 Å². The van der Waals surface area contributed by atoms with Crippen LogP contribution in [0.2, 0.25) is 0 Å². The van der Waals surface area contributed by atoms with Crippen molar-refractivity contribution < 1.29 is 17.9 Å². The second-order valence-electron chi connectivity index (χ2n) is 4.69. The van der Waals surface area contributed by atoms with Crippen LogP contribution >= 0.6 is 0 Å². The molecule has 1 saturated heterocycles. The fourth-order valence-corrected chi connectivity index (χ4v) is 2.10. The zero-order chi connectivity index (χ0) is 14.8. The van der Waals surface area contributed by atoms with Gasteiger partial charge in [0.25, 0.3) is 0 Å². The molecule has 0 bridgehead atoms. The second kappa shape index (κ2) is 5.82. The molecule has 8 heteroatoms. The standard InChI is InChI=1S/C12H17F3N4O/c1-7(8-4-3-5-20-8)17-10-6-9(12(13,14)15)18-11(16-2)19-10/h6-8H,3-5H2,1-2H3,(H2,16,17,18,19). The average molecular weight is 290 g/mol. The first kappa shape index (κ1) is 14.8. The van der Waals surface area contributed by atoms with Gasteiger partial charge in [0.15, 0.2) is 5.69 Å². The zero-order valence-corrected chi connectivity index (χ0v) is 11.3. The maximum Gasteiger partial charge on any atom is 0.433 e. The summed E-state index contributed by atoms with van der Waals surface area (Å²) in [4.78, 5) is 7.40. The molecule has 0 aliphatic carbocycles. The van der Waals surface area contributed by atoms with Crippen molar-refractivity contribution in [1.29, 1.82) is 0 Å². The van der Waals surface area contributed by atoms with Crippen molar-refractivity contribution in [3.05, 3.63) is 11.8 Å². The van der Waals surface area contributed by atoms with E-state index >= 15 is 0 Å². The molecule has 1 aromatic heterocycles. The second-order valence-corrected chi connectivity index (χ2v) is 4.69. The molecule has 1 fully saturated rings. The Balaban J connectivity index is 2.17. The Labute approximate surface area is 114 Å². The number of aromatic nitrogens is 2. The van der Waals surface area contributed by atoms with E-state index in [1.807, 2.05) is 6.92 Å². The molecule has 2 rings (SSSR count). The quantitative estimate of drug-likeness (QED) is 0.892. The predicted octanol–water partition coefficient (Wildman–Crippen LogP) is 2.52. The monoisotopic (exact) mass is 290 g/mol. The van der Waals surface area contributed by atoms with E-state index in [-0.39, 0.29) is 23.9 Å². The Morgan fingerprint density at radius 1 is 1.40 bits per heavy atom. The molecule has 2 N–H and O–H groups in total. The molecule has 5 nitrogen and oxygen atoms in total. The Hall–Kier alpha value is -1.57. The normalized spacial score (nSPS) is 20.8. The summed E-state index contributed by atoms with van der Waals surface area (Å²) in [6, 6.07) is 0.796. The number of rotatable bonds is 4. The number of hydrogen-bond acceptors (Lipinski definition) is 5. The Morgan fingerprint density at radius 3 is 2.70 bits per heavy atom. The molecule has 2 heterocycles. The lowest BCUT2D eigenvalue weighted by atomic mass is 10.1. The summed E-state index contributed by atoms with van der Waals surface area (Å²) in [5.41, 5.74) is -0.973. The fraction of sp³-hybridized carbons (Fsp3) is 0.667. The number of alkyl halides is 3. The fourth-order valence-electron chi connectivity index (χ4n) is 2.10. The van der Waals surface area contributed by atoms with Crippen LogP contribution < -0.4 is 10.6 Å². The number of nitrogens with one attached hydrogen (secondary N) is 2. The van der Waals surface area contributed by atoms with Crippen LogP contribution in [0.3, 0.4) is 0 Å². The summed E-state index contributed by atoms with van der Waals surface area (Å²) in [6.07, 6.45) is -2.64. The van der Waals surface area contributed by atoms with Crippen molar-refractivity contribution in [2.75, 3.05) is 24.3 Å². The third kappa shape index (κ3) is 3.50. The predicted molar refractivity (Wildman–Crippen MR) is 68.6 cm³/mol. The number of nitrogens with zero attached hydrogens (tertiary/aromatic N) is 2. The summed E-state index contributed by atoms with van der Waals surface area (Å²) in [5.74, 6) is 0.0709. The van der Waals surface area contributed by atoms with Crippen LogP contribution in [0.25, 0.3) is 0 Å². The largest absolute Gasteiger partial charge is 0.433 e. The van der Waals surface area contributed by atoms with Crippen molar-refractivity contribution in [1.82, 2.24) is 9.97 Å². The lowest BCUT2D eigenvalue weighted by Gasteiger charge is -2.21. The van der Waals surface area contributed by atoms with E-state index in [4.69, 9.17) is 4.74 Å². The smallest absolute Gasteiger partial charge is 0.376 e. The lowest BCUT2D eigenvalue weighted by Crippen LogP contribution is -2.30. The average Bonchev–Trinajstić information content (AvgIpc) is 2.91. The van der Waals surface area contributed by atoms with Crippen molar-refractivity contribution in [3.63, 3.8) is 0 Å². The molecule has 0 radical (unpaired) electrons. The van der Waals surface area contributed by atoms with Gasteiger partial charge in [-0.1, -0.05) is 0 Å². The van der Waals surface area contributed by atoms with E-state index in [2.05, 4.69) is 20.6 Å². The maximum absolute atomic E-state index is 12.8. The molecule has 1 aliphatic rings. The van der Waals surface area contributed by atoms with E-state index < -0.39 is 11.9 Å². The van der Waals surface area contributed by atoms with Crippen LogP contribution in [0.15, 0.2) is 6.07 Å². The van der Waals surface area contributed by atoms with Crippen molar-refractivity contribution in [3.8, 4) is 0 Å². The molecule has 0 spiro atoms. The van der Waals surface area contributed by atoms with Crippen molar-refractivity contribution in [2.24, 2.45) is 0 Å². The molecule has 1 aromatic rings. The Bertz CT molecular complexity index is 461. The highest BCUT2D eigenvalue weighted by Gasteiger charge is 2.34. The van der Waals surface area contributed by atoms with Gasteiger partial charge >= 0.3 is 6.18 Å². The number of hydrogen-bond donors (Lipinski definition) is 2. The molecular formula is C12H17F3N4O. The number of anilines is 2. The van der Waals surface area contributed by atoms with E-state index in [1.54, 1.807) is 0 Å². The van der Waals surface area contributed by atoms with Crippen molar-refractivity contribution >= 4 is 11.8 Å². The molecule has 0 amide bonds. The van der Waals surface area contributed by atoms with Gasteiger partial charge in [0.1, 0.15) is 5.82 Å². The van der Waals surface area contributed by atoms with E-state index in [1.165, 1.54) is 7.05 Å². The van der Waals surface area contributed by atoms with Crippen LogP contribution in [-0.4, -0.2) is 35.8 Å². The van der Waals surface area contributed by atoms with Crippen LogP contribution in [0.1, 0.15) is 25.5 Å². The lowest BCUT2D eigenvalue weighted by molar-refractivity contribution is -0.141. The number of ether oxygens (including phenoxy) is 1. The summed E-state index contributed by atoms with van der Waals surface area (Å²) in [7, 11) is 1.47. The minimum atomic E-state index is -4.50. The summed E-state index contributed by atoms with van der Waals surface area (Å²) >= 11 is 0. The van der Waals surface area contributed by atoms with Crippen molar-refractivity contribution in [2.45, 2.75) is 38.1 Å². The maximum atomic E-state index is 12.8. The van der Waals surface area contributed by atoms with Gasteiger partial charge in [0, 0.05) is 19.7 Å². The van der Waals surface area contributed by atoms with Gasteiger partial charge in [-0.2, -0.15) is 18.2 Å². The zero-order valence-electron chi connectivity index (χ0n) is 11.3. The SMILES string of the molecule is CNc1nc(NC(C)C2CCCO2)cc(C(F)(F)F)n1. The van der Waals surface area contributed by atoms with Gasteiger partial charge in [-0.05, 0) is 19.8 Å². The highest BCUT2D eigenvalue weighted by atomic mass is 19.4. The third-order valence-corrected chi connectivity index (χ3v) is 3.14. The van der Waals surface area contributed by atoms with E-state index in [9.17, 15) is 13.2 Å². The van der Waals surface area contributed by atoms with E-state index in [0.717, 1.165) is 18.9 Å². The van der Waals surface area contributed by atoms with Gasteiger partial charge in [-0.3, -0.25) is 0 Å².